The zero-order chi connectivity index (χ0) is 25.3. The summed E-state index contributed by atoms with van der Waals surface area (Å²) < 4.78 is 16.0. The Morgan fingerprint density at radius 3 is 1.94 bits per heavy atom. The zero-order valence-corrected chi connectivity index (χ0v) is 20.9. The topological polar surface area (TPSA) is 90.9 Å². The number of nitrogens with one attached hydrogen (secondary N) is 1. The van der Waals surface area contributed by atoms with Gasteiger partial charge in [-0.3, -0.25) is 0 Å². The minimum atomic E-state index is -0.725. The zero-order valence-electron chi connectivity index (χ0n) is 20.9. The molecule has 0 saturated heterocycles. The van der Waals surface area contributed by atoms with E-state index in [0.717, 1.165) is 6.42 Å². The summed E-state index contributed by atoms with van der Waals surface area (Å²) in [5.41, 5.74) is 3.79. The summed E-state index contributed by atoms with van der Waals surface area (Å²) in [6.45, 7) is 11.6. The smallest absolute Gasteiger partial charge is 0.336 e. The van der Waals surface area contributed by atoms with Crippen molar-refractivity contribution in [2.24, 2.45) is 0 Å². The van der Waals surface area contributed by atoms with Gasteiger partial charge >= 0.3 is 17.9 Å². The minimum Gasteiger partial charge on any atom is -0.463 e. The molecule has 0 radical (unpaired) electrons. The maximum Gasteiger partial charge on any atom is 0.336 e. The Labute approximate surface area is 201 Å². The van der Waals surface area contributed by atoms with Crippen molar-refractivity contribution < 1.29 is 28.6 Å². The third-order valence-corrected chi connectivity index (χ3v) is 5.47. The van der Waals surface area contributed by atoms with Crippen LogP contribution in [0.15, 0.2) is 52.4 Å². The van der Waals surface area contributed by atoms with Gasteiger partial charge in [0.1, 0.15) is 0 Å². The summed E-state index contributed by atoms with van der Waals surface area (Å²) in [6.07, 6.45) is 2.97. The van der Waals surface area contributed by atoms with Crippen LogP contribution in [0.25, 0.3) is 6.08 Å². The summed E-state index contributed by atoms with van der Waals surface area (Å²) >= 11 is 0. The Kier molecular flexibility index (Phi) is 10.1. The van der Waals surface area contributed by atoms with Crippen molar-refractivity contribution in [2.75, 3.05) is 19.8 Å². The largest absolute Gasteiger partial charge is 0.463 e. The van der Waals surface area contributed by atoms with E-state index < -0.39 is 17.9 Å². The van der Waals surface area contributed by atoms with Crippen LogP contribution in [-0.4, -0.2) is 37.7 Å². The van der Waals surface area contributed by atoms with Gasteiger partial charge in [-0.25, -0.2) is 14.4 Å². The number of esters is 3. The fraction of sp³-hybridized carbons (Fsp3) is 0.444. The van der Waals surface area contributed by atoms with Crippen molar-refractivity contribution in [2.45, 2.75) is 60.3 Å². The van der Waals surface area contributed by atoms with Crippen molar-refractivity contribution >= 4 is 24.0 Å². The van der Waals surface area contributed by atoms with E-state index in [-0.39, 0.29) is 19.2 Å². The molecule has 0 fully saturated rings. The van der Waals surface area contributed by atoms with Crippen LogP contribution in [0, 0.1) is 0 Å². The molecule has 1 aromatic rings. The van der Waals surface area contributed by atoms with Crippen molar-refractivity contribution in [1.82, 2.24) is 5.32 Å². The highest BCUT2D eigenvalue weighted by Gasteiger charge is 2.38. The normalized spacial score (nSPS) is 14.6. The summed E-state index contributed by atoms with van der Waals surface area (Å²) in [5.74, 6) is -2.12. The molecule has 0 saturated carbocycles. The second kappa shape index (κ2) is 12.8. The van der Waals surface area contributed by atoms with Gasteiger partial charge in [0.25, 0.3) is 0 Å². The van der Waals surface area contributed by atoms with Crippen LogP contribution in [0.3, 0.4) is 0 Å². The molecular weight excluding hydrogens is 434 g/mol. The molecule has 0 aliphatic carbocycles. The van der Waals surface area contributed by atoms with E-state index in [2.05, 4.69) is 5.32 Å². The quantitative estimate of drug-likeness (QED) is 0.299. The van der Waals surface area contributed by atoms with Gasteiger partial charge in [0, 0.05) is 17.0 Å². The van der Waals surface area contributed by atoms with Crippen LogP contribution in [0.1, 0.15) is 71.4 Å². The highest BCUT2D eigenvalue weighted by atomic mass is 16.5. The second-order valence-electron chi connectivity index (χ2n) is 7.86. The molecule has 1 aliphatic rings. The van der Waals surface area contributed by atoms with Crippen LogP contribution in [0.2, 0.25) is 0 Å². The lowest BCUT2D eigenvalue weighted by Gasteiger charge is -2.31. The number of hydrogen-bond donors (Lipinski definition) is 1. The van der Waals surface area contributed by atoms with E-state index in [0.29, 0.717) is 52.3 Å². The first-order valence-corrected chi connectivity index (χ1v) is 11.8. The van der Waals surface area contributed by atoms with E-state index >= 15 is 0 Å². The molecule has 184 valence electrons. The number of allylic oxidation sites excluding steroid dienone is 2. The van der Waals surface area contributed by atoms with E-state index in [1.165, 1.54) is 0 Å². The van der Waals surface area contributed by atoms with Gasteiger partial charge in [-0.15, -0.1) is 0 Å². The molecule has 0 amide bonds. The number of benzene rings is 1. The van der Waals surface area contributed by atoms with Crippen molar-refractivity contribution in [3.63, 3.8) is 0 Å². The van der Waals surface area contributed by atoms with Crippen LogP contribution in [0.4, 0.5) is 0 Å². The Hall–Kier alpha value is -3.35. The van der Waals surface area contributed by atoms with Gasteiger partial charge in [-0.2, -0.15) is 0 Å². The predicted octanol–water partition coefficient (Wildman–Crippen LogP) is 4.79. The second-order valence-corrected chi connectivity index (χ2v) is 7.86. The molecule has 2 rings (SSSR count). The monoisotopic (exact) mass is 469 g/mol. The molecule has 0 aromatic heterocycles. The number of dihydropyridines is 1. The summed E-state index contributed by atoms with van der Waals surface area (Å²) in [5, 5.41) is 3.14. The average molecular weight is 470 g/mol. The summed E-state index contributed by atoms with van der Waals surface area (Å²) in [7, 11) is 0. The van der Waals surface area contributed by atoms with Gasteiger partial charge in [0.05, 0.1) is 36.9 Å². The van der Waals surface area contributed by atoms with Gasteiger partial charge in [0.15, 0.2) is 0 Å². The lowest BCUT2D eigenvalue weighted by molar-refractivity contribution is -0.140. The first kappa shape index (κ1) is 26.9. The first-order chi connectivity index (χ1) is 16.3. The van der Waals surface area contributed by atoms with E-state index in [1.54, 1.807) is 33.8 Å². The van der Waals surface area contributed by atoms with Crippen molar-refractivity contribution in [3.8, 4) is 0 Å². The van der Waals surface area contributed by atoms with E-state index in [9.17, 15) is 14.4 Å². The van der Waals surface area contributed by atoms with Crippen LogP contribution in [0.5, 0.6) is 0 Å². The SMILES string of the molecule is CCCOC(=O)C(=Cc1ccccc1C1C(C(=O)OCC)=C(C)NC(C)=C1C(=O)OCC)CC. The van der Waals surface area contributed by atoms with Gasteiger partial charge in [-0.05, 0) is 57.7 Å². The van der Waals surface area contributed by atoms with E-state index in [4.69, 9.17) is 14.2 Å². The van der Waals surface area contributed by atoms with E-state index in [1.807, 2.05) is 38.1 Å². The molecular formula is C27H35NO6. The lowest BCUT2D eigenvalue weighted by Crippen LogP contribution is -2.32. The minimum absolute atomic E-state index is 0.199. The molecule has 1 N–H and O–H groups in total. The van der Waals surface area contributed by atoms with Gasteiger partial charge in [0.2, 0.25) is 0 Å². The highest BCUT2D eigenvalue weighted by molar-refractivity contribution is 6.00. The number of carbonyl (C=O) groups is 3. The Bertz CT molecular complexity index is 978. The Morgan fingerprint density at radius 1 is 0.882 bits per heavy atom. The first-order valence-electron chi connectivity index (χ1n) is 11.8. The maximum absolute atomic E-state index is 13.1. The van der Waals surface area contributed by atoms with Crippen LogP contribution >= 0.6 is 0 Å². The molecule has 7 heteroatoms. The molecule has 1 aliphatic heterocycles. The number of hydrogen-bond acceptors (Lipinski definition) is 7. The number of ether oxygens (including phenoxy) is 3. The Balaban J connectivity index is 2.73. The predicted molar refractivity (Wildman–Crippen MR) is 131 cm³/mol. The lowest BCUT2D eigenvalue weighted by atomic mass is 9.78. The average Bonchev–Trinajstić information content (AvgIpc) is 2.80. The van der Waals surface area contributed by atoms with Crippen molar-refractivity contribution in [3.05, 3.63) is 63.5 Å². The van der Waals surface area contributed by atoms with Gasteiger partial charge in [-0.1, -0.05) is 38.1 Å². The maximum atomic E-state index is 13.1. The number of rotatable bonds is 10. The Morgan fingerprint density at radius 2 is 1.44 bits per heavy atom. The molecule has 0 unspecified atom stereocenters. The fourth-order valence-corrected chi connectivity index (χ4v) is 3.95. The summed E-state index contributed by atoms with van der Waals surface area (Å²) in [6, 6.07) is 7.40. The third-order valence-electron chi connectivity index (χ3n) is 5.47. The molecule has 34 heavy (non-hydrogen) atoms. The molecule has 0 bridgehead atoms. The number of carbonyl (C=O) groups excluding carboxylic acids is 3. The molecule has 0 atom stereocenters. The molecule has 1 aromatic carbocycles. The molecule has 1 heterocycles. The van der Waals surface area contributed by atoms with Crippen molar-refractivity contribution in [1.29, 1.82) is 0 Å². The van der Waals surface area contributed by atoms with Gasteiger partial charge < -0.3 is 19.5 Å². The van der Waals surface area contributed by atoms with Crippen LogP contribution < -0.4 is 5.32 Å². The fourth-order valence-electron chi connectivity index (χ4n) is 3.95. The third kappa shape index (κ3) is 6.16. The summed E-state index contributed by atoms with van der Waals surface area (Å²) in [4.78, 5) is 38.7. The highest BCUT2D eigenvalue weighted by Crippen LogP contribution is 2.41. The standard InChI is InChI=1S/C27H35NO6/c1-7-15-34-25(29)19(8-2)16-20-13-11-12-14-21(20)24-22(26(30)32-9-3)17(5)28-18(6)23(24)27(31)33-10-4/h11-14,16,24,28H,7-10,15H2,1-6H3. The van der Waals surface area contributed by atoms with Crippen LogP contribution in [-0.2, 0) is 28.6 Å². The molecule has 0 spiro atoms. The molecule has 7 nitrogen and oxygen atoms in total.